The zero-order chi connectivity index (χ0) is 14.2. The minimum Gasteiger partial charge on any atom is -0.389 e. The van der Waals surface area contributed by atoms with E-state index < -0.39 is 0 Å². The second-order valence-corrected chi connectivity index (χ2v) is 6.49. The first-order valence-corrected chi connectivity index (χ1v) is 7.67. The van der Waals surface area contributed by atoms with Gasteiger partial charge in [0.2, 0.25) is 0 Å². The number of aryl methyl sites for hydroxylation is 2. The average molecular weight is 291 g/mol. The number of rotatable bonds is 3. The number of thiocarbonyl (C=S) groups is 1. The monoisotopic (exact) mass is 291 g/mol. The molecule has 20 heavy (non-hydrogen) atoms. The molecule has 0 aromatic carbocycles. The summed E-state index contributed by atoms with van der Waals surface area (Å²) in [4.78, 5) is 5.19. The lowest BCUT2D eigenvalue weighted by Gasteiger charge is -2.35. The van der Waals surface area contributed by atoms with E-state index >= 15 is 0 Å². The minimum atomic E-state index is -0.0857. The van der Waals surface area contributed by atoms with Gasteiger partial charge < -0.3 is 15.8 Å². The lowest BCUT2D eigenvalue weighted by atomic mass is 9.94. The average Bonchev–Trinajstić information content (AvgIpc) is 2.85. The Hall–Kier alpha value is -1.20. The maximum atomic E-state index is 5.88. The van der Waals surface area contributed by atoms with E-state index in [1.807, 2.05) is 0 Å². The second kappa shape index (κ2) is 5.30. The molecule has 4 nitrogen and oxygen atoms in total. The topological polar surface area (TPSA) is 60.2 Å². The van der Waals surface area contributed by atoms with Crippen LogP contribution in [-0.2, 0) is 17.6 Å². The van der Waals surface area contributed by atoms with Crippen LogP contribution in [0.2, 0.25) is 0 Å². The normalized spacial score (nSPS) is 25.2. The summed E-state index contributed by atoms with van der Waals surface area (Å²) < 4.78 is 5.60. The summed E-state index contributed by atoms with van der Waals surface area (Å²) in [5.41, 5.74) is 9.14. The SMILES string of the molecule is CC1(Nc2nc3c(cc2C(N)=S)CCC3)CCCOC1. The molecule has 0 radical (unpaired) electrons. The standard InChI is InChI=1S/C15H21N3OS/c1-15(6-3-7-19-9-15)18-14-11(13(16)20)8-10-4-2-5-12(10)17-14/h8H,2-7,9H2,1H3,(H2,16,20)(H,17,18). The van der Waals surface area contributed by atoms with Crippen molar-refractivity contribution in [1.82, 2.24) is 4.98 Å². The van der Waals surface area contributed by atoms with Crippen molar-refractivity contribution in [3.63, 3.8) is 0 Å². The molecule has 0 bridgehead atoms. The minimum absolute atomic E-state index is 0.0857. The van der Waals surface area contributed by atoms with Gasteiger partial charge in [-0.05, 0) is 50.7 Å². The zero-order valence-corrected chi connectivity index (χ0v) is 12.7. The lowest BCUT2D eigenvalue weighted by molar-refractivity contribution is 0.0539. The highest BCUT2D eigenvalue weighted by atomic mass is 32.1. The summed E-state index contributed by atoms with van der Waals surface area (Å²) in [6, 6.07) is 2.12. The number of pyridine rings is 1. The van der Waals surface area contributed by atoms with E-state index in [1.54, 1.807) is 0 Å². The third kappa shape index (κ3) is 2.65. The van der Waals surface area contributed by atoms with E-state index in [4.69, 9.17) is 27.7 Å². The fourth-order valence-electron chi connectivity index (χ4n) is 3.07. The van der Waals surface area contributed by atoms with Gasteiger partial charge in [0.05, 0.1) is 17.7 Å². The molecule has 0 spiro atoms. The molecule has 3 N–H and O–H groups in total. The Kier molecular flexibility index (Phi) is 3.65. The summed E-state index contributed by atoms with van der Waals surface area (Å²) in [5, 5.41) is 3.53. The van der Waals surface area contributed by atoms with Crippen LogP contribution in [0.5, 0.6) is 0 Å². The molecule has 1 atom stereocenters. The lowest BCUT2D eigenvalue weighted by Crippen LogP contribution is -2.43. The van der Waals surface area contributed by atoms with E-state index in [0.717, 1.165) is 43.7 Å². The van der Waals surface area contributed by atoms with Crippen LogP contribution >= 0.6 is 12.2 Å². The van der Waals surface area contributed by atoms with Crippen LogP contribution in [0.15, 0.2) is 6.07 Å². The van der Waals surface area contributed by atoms with E-state index in [9.17, 15) is 0 Å². The Labute approximate surface area is 125 Å². The maximum absolute atomic E-state index is 5.88. The van der Waals surface area contributed by atoms with Gasteiger partial charge in [-0.1, -0.05) is 12.2 Å². The molecule has 0 saturated carbocycles. The van der Waals surface area contributed by atoms with Gasteiger partial charge >= 0.3 is 0 Å². The predicted molar refractivity (Wildman–Crippen MR) is 84.2 cm³/mol. The molecule has 3 rings (SSSR count). The molecular weight excluding hydrogens is 270 g/mol. The van der Waals surface area contributed by atoms with Crippen molar-refractivity contribution in [2.45, 2.75) is 44.6 Å². The summed E-state index contributed by atoms with van der Waals surface area (Å²) in [6.07, 6.45) is 5.44. The number of nitrogens with zero attached hydrogens (tertiary/aromatic N) is 1. The smallest absolute Gasteiger partial charge is 0.137 e. The van der Waals surface area contributed by atoms with Crippen LogP contribution in [0, 0.1) is 0 Å². The van der Waals surface area contributed by atoms with Crippen molar-refractivity contribution < 1.29 is 4.74 Å². The Morgan fingerprint density at radius 1 is 1.45 bits per heavy atom. The summed E-state index contributed by atoms with van der Waals surface area (Å²) >= 11 is 5.19. The predicted octanol–water partition coefficient (Wildman–Crippen LogP) is 2.19. The molecule has 2 heterocycles. The molecule has 1 aromatic rings. The molecule has 1 aliphatic carbocycles. The number of nitrogens with one attached hydrogen (secondary N) is 1. The summed E-state index contributed by atoms with van der Waals surface area (Å²) in [6.45, 7) is 3.71. The molecule has 1 saturated heterocycles. The number of fused-ring (bicyclic) bond motifs is 1. The molecule has 2 aliphatic rings. The zero-order valence-electron chi connectivity index (χ0n) is 11.9. The van der Waals surface area contributed by atoms with E-state index in [0.29, 0.717) is 11.6 Å². The van der Waals surface area contributed by atoms with Gasteiger partial charge in [-0.2, -0.15) is 0 Å². The molecule has 1 unspecified atom stereocenters. The van der Waals surface area contributed by atoms with Gasteiger partial charge in [-0.25, -0.2) is 4.98 Å². The summed E-state index contributed by atoms with van der Waals surface area (Å²) in [7, 11) is 0. The number of hydrogen-bond donors (Lipinski definition) is 2. The first-order valence-electron chi connectivity index (χ1n) is 7.26. The van der Waals surface area contributed by atoms with Crippen molar-refractivity contribution in [2.75, 3.05) is 18.5 Å². The highest BCUT2D eigenvalue weighted by Gasteiger charge is 2.29. The van der Waals surface area contributed by atoms with E-state index in [-0.39, 0.29) is 5.54 Å². The van der Waals surface area contributed by atoms with Crippen LogP contribution in [0.3, 0.4) is 0 Å². The fraction of sp³-hybridized carbons (Fsp3) is 0.600. The van der Waals surface area contributed by atoms with Crippen molar-refractivity contribution in [3.05, 3.63) is 22.9 Å². The Bertz CT molecular complexity index is 538. The molecular formula is C15H21N3OS. The number of anilines is 1. The Balaban J connectivity index is 1.93. The van der Waals surface area contributed by atoms with Gasteiger partial charge in [-0.15, -0.1) is 0 Å². The Morgan fingerprint density at radius 3 is 3.00 bits per heavy atom. The highest BCUT2D eigenvalue weighted by molar-refractivity contribution is 7.80. The second-order valence-electron chi connectivity index (χ2n) is 6.05. The Morgan fingerprint density at radius 2 is 2.30 bits per heavy atom. The third-order valence-corrected chi connectivity index (χ3v) is 4.39. The number of ether oxygens (including phenoxy) is 1. The van der Waals surface area contributed by atoms with Crippen molar-refractivity contribution in [3.8, 4) is 0 Å². The molecule has 1 aliphatic heterocycles. The van der Waals surface area contributed by atoms with Gasteiger partial charge in [-0.3, -0.25) is 0 Å². The third-order valence-electron chi connectivity index (χ3n) is 4.17. The van der Waals surface area contributed by atoms with Crippen LogP contribution in [0.25, 0.3) is 0 Å². The molecule has 1 aromatic heterocycles. The quantitative estimate of drug-likeness (QED) is 0.836. The van der Waals surface area contributed by atoms with Crippen LogP contribution < -0.4 is 11.1 Å². The van der Waals surface area contributed by atoms with Gasteiger partial charge in [0.1, 0.15) is 10.8 Å². The van der Waals surface area contributed by atoms with Crippen LogP contribution in [0.1, 0.15) is 43.0 Å². The first-order chi connectivity index (χ1) is 9.57. The maximum Gasteiger partial charge on any atom is 0.137 e. The van der Waals surface area contributed by atoms with Crippen LogP contribution in [0.4, 0.5) is 5.82 Å². The largest absolute Gasteiger partial charge is 0.389 e. The highest BCUT2D eigenvalue weighted by Crippen LogP contribution is 2.29. The fourth-order valence-corrected chi connectivity index (χ4v) is 3.23. The van der Waals surface area contributed by atoms with Gasteiger partial charge in [0.15, 0.2) is 0 Å². The first kappa shape index (κ1) is 13.8. The number of hydrogen-bond acceptors (Lipinski definition) is 4. The molecule has 1 fully saturated rings. The van der Waals surface area contributed by atoms with Crippen LogP contribution in [-0.4, -0.2) is 28.7 Å². The van der Waals surface area contributed by atoms with Gasteiger partial charge in [0.25, 0.3) is 0 Å². The number of aromatic nitrogens is 1. The van der Waals surface area contributed by atoms with Crippen molar-refractivity contribution in [2.24, 2.45) is 5.73 Å². The number of nitrogens with two attached hydrogens (primary N) is 1. The van der Waals surface area contributed by atoms with Crippen molar-refractivity contribution in [1.29, 1.82) is 0 Å². The summed E-state index contributed by atoms with van der Waals surface area (Å²) in [5.74, 6) is 0.825. The molecule has 0 amide bonds. The van der Waals surface area contributed by atoms with E-state index in [1.165, 1.54) is 17.7 Å². The van der Waals surface area contributed by atoms with Gasteiger partial charge in [0, 0.05) is 12.3 Å². The van der Waals surface area contributed by atoms with E-state index in [2.05, 4.69) is 18.3 Å². The molecule has 5 heteroatoms. The molecule has 108 valence electrons. The van der Waals surface area contributed by atoms with Crippen molar-refractivity contribution >= 4 is 23.0 Å².